The van der Waals surface area contributed by atoms with Crippen LogP contribution in [0.3, 0.4) is 0 Å². The molecule has 0 unspecified atom stereocenters. The molecular weight excluding hydrogens is 261 g/mol. The van der Waals surface area contributed by atoms with Gasteiger partial charge in [0.2, 0.25) is 5.91 Å². The first-order valence-electron chi connectivity index (χ1n) is 5.63. The van der Waals surface area contributed by atoms with Gasteiger partial charge in [-0.05, 0) is 12.1 Å². The maximum absolute atomic E-state index is 13.7. The highest BCUT2D eigenvalue weighted by atomic mass is 19.3. The van der Waals surface area contributed by atoms with E-state index < -0.39 is 24.7 Å². The van der Waals surface area contributed by atoms with Crippen molar-refractivity contribution in [2.75, 3.05) is 19.7 Å². The molecule has 0 bridgehead atoms. The SMILES string of the molecule is NC(=O)c1ccc(CN(CCO)CC(F)F)c(F)c1. The zero-order valence-electron chi connectivity index (χ0n) is 10.2. The normalized spacial score (nSPS) is 11.3. The first-order chi connectivity index (χ1) is 8.93. The average molecular weight is 276 g/mol. The Balaban J connectivity index is 2.81. The lowest BCUT2D eigenvalue weighted by molar-refractivity contribution is 0.0741. The summed E-state index contributed by atoms with van der Waals surface area (Å²) in [6.45, 7) is -0.914. The Bertz CT molecular complexity index is 441. The van der Waals surface area contributed by atoms with E-state index in [-0.39, 0.29) is 30.8 Å². The van der Waals surface area contributed by atoms with Crippen LogP contribution in [0.2, 0.25) is 0 Å². The molecule has 0 aliphatic heterocycles. The second kappa shape index (κ2) is 7.10. The van der Waals surface area contributed by atoms with Crippen LogP contribution < -0.4 is 5.73 Å². The summed E-state index contributed by atoms with van der Waals surface area (Å²) in [6, 6.07) is 3.63. The van der Waals surface area contributed by atoms with Crippen LogP contribution in [-0.2, 0) is 6.54 Å². The second-order valence-corrected chi connectivity index (χ2v) is 4.02. The molecule has 1 aromatic carbocycles. The summed E-state index contributed by atoms with van der Waals surface area (Å²) >= 11 is 0. The molecular formula is C12H15F3N2O2. The molecule has 4 nitrogen and oxygen atoms in total. The summed E-state index contributed by atoms with van der Waals surface area (Å²) in [5.74, 6) is -1.45. The molecule has 7 heteroatoms. The van der Waals surface area contributed by atoms with Crippen LogP contribution in [0.1, 0.15) is 15.9 Å². The minimum absolute atomic E-state index is 0.0152. The fourth-order valence-corrected chi connectivity index (χ4v) is 1.64. The van der Waals surface area contributed by atoms with Crippen molar-refractivity contribution in [3.05, 3.63) is 35.1 Å². The van der Waals surface area contributed by atoms with Crippen LogP contribution in [0.15, 0.2) is 18.2 Å². The maximum atomic E-state index is 13.7. The van der Waals surface area contributed by atoms with Crippen molar-refractivity contribution in [2.24, 2.45) is 5.73 Å². The van der Waals surface area contributed by atoms with E-state index in [4.69, 9.17) is 10.8 Å². The van der Waals surface area contributed by atoms with Crippen LogP contribution in [0.5, 0.6) is 0 Å². The van der Waals surface area contributed by atoms with E-state index in [2.05, 4.69) is 0 Å². The van der Waals surface area contributed by atoms with Crippen molar-refractivity contribution >= 4 is 5.91 Å². The van der Waals surface area contributed by atoms with E-state index in [9.17, 15) is 18.0 Å². The highest BCUT2D eigenvalue weighted by Crippen LogP contribution is 2.13. The summed E-state index contributed by atoms with van der Waals surface area (Å²) in [6.07, 6.45) is -2.57. The number of amides is 1. The minimum atomic E-state index is -2.57. The highest BCUT2D eigenvalue weighted by Gasteiger charge is 2.15. The number of rotatable bonds is 7. The second-order valence-electron chi connectivity index (χ2n) is 4.02. The zero-order valence-corrected chi connectivity index (χ0v) is 10.2. The van der Waals surface area contributed by atoms with Gasteiger partial charge in [0.25, 0.3) is 6.43 Å². The van der Waals surface area contributed by atoms with Crippen molar-refractivity contribution in [3.8, 4) is 0 Å². The summed E-state index contributed by atoms with van der Waals surface area (Å²) in [5, 5.41) is 8.77. The Morgan fingerprint density at radius 1 is 1.42 bits per heavy atom. The lowest BCUT2D eigenvalue weighted by Crippen LogP contribution is -2.31. The van der Waals surface area contributed by atoms with Crippen molar-refractivity contribution in [1.82, 2.24) is 4.90 Å². The van der Waals surface area contributed by atoms with Gasteiger partial charge in [0.1, 0.15) is 5.82 Å². The summed E-state index contributed by atoms with van der Waals surface area (Å²) in [5.41, 5.74) is 5.18. The van der Waals surface area contributed by atoms with E-state index in [1.165, 1.54) is 17.0 Å². The van der Waals surface area contributed by atoms with Crippen LogP contribution >= 0.6 is 0 Å². The van der Waals surface area contributed by atoms with Gasteiger partial charge in [0.05, 0.1) is 13.2 Å². The molecule has 0 radical (unpaired) electrons. The van der Waals surface area contributed by atoms with Gasteiger partial charge in [-0.2, -0.15) is 0 Å². The zero-order chi connectivity index (χ0) is 14.4. The predicted octanol–water partition coefficient (Wildman–Crippen LogP) is 0.984. The molecule has 0 saturated heterocycles. The summed E-state index contributed by atoms with van der Waals surface area (Å²) < 4.78 is 38.3. The van der Waals surface area contributed by atoms with E-state index >= 15 is 0 Å². The highest BCUT2D eigenvalue weighted by molar-refractivity contribution is 5.92. The Hall–Kier alpha value is -1.60. The lowest BCUT2D eigenvalue weighted by Gasteiger charge is -2.21. The van der Waals surface area contributed by atoms with Gasteiger partial charge >= 0.3 is 0 Å². The molecule has 106 valence electrons. The first kappa shape index (κ1) is 15.5. The standard InChI is InChI=1S/C12H15F3N2O2/c13-10-5-8(12(16)19)1-2-9(10)6-17(3-4-18)7-11(14)15/h1-2,5,11,18H,3-4,6-7H2,(H2,16,19). The maximum Gasteiger partial charge on any atom is 0.251 e. The third-order valence-electron chi connectivity index (χ3n) is 2.54. The molecule has 1 amide bonds. The predicted molar refractivity (Wildman–Crippen MR) is 63.3 cm³/mol. The summed E-state index contributed by atoms with van der Waals surface area (Å²) in [4.78, 5) is 12.1. The fourth-order valence-electron chi connectivity index (χ4n) is 1.64. The summed E-state index contributed by atoms with van der Waals surface area (Å²) in [7, 11) is 0. The third kappa shape index (κ3) is 4.88. The van der Waals surface area contributed by atoms with E-state index in [0.29, 0.717) is 0 Å². The number of hydrogen-bond donors (Lipinski definition) is 2. The molecule has 1 rings (SSSR count). The van der Waals surface area contributed by atoms with Crippen LogP contribution in [-0.4, -0.2) is 42.0 Å². The number of carbonyl (C=O) groups is 1. The number of aliphatic hydroxyl groups excluding tert-OH is 1. The molecule has 0 heterocycles. The number of halogens is 3. The van der Waals surface area contributed by atoms with E-state index in [0.717, 1.165) is 6.07 Å². The van der Waals surface area contributed by atoms with Crippen LogP contribution in [0.4, 0.5) is 13.2 Å². The van der Waals surface area contributed by atoms with Gasteiger partial charge in [-0.15, -0.1) is 0 Å². The van der Waals surface area contributed by atoms with Crippen molar-refractivity contribution in [2.45, 2.75) is 13.0 Å². The Labute approximate surface area is 108 Å². The molecule has 0 aromatic heterocycles. The number of hydrogen-bond acceptors (Lipinski definition) is 3. The molecule has 0 aliphatic carbocycles. The van der Waals surface area contributed by atoms with Crippen molar-refractivity contribution in [1.29, 1.82) is 0 Å². The molecule has 1 aromatic rings. The van der Waals surface area contributed by atoms with Gasteiger partial charge in [-0.25, -0.2) is 13.2 Å². The number of carbonyl (C=O) groups excluding carboxylic acids is 1. The number of aliphatic hydroxyl groups is 1. The Morgan fingerprint density at radius 3 is 2.58 bits per heavy atom. The molecule has 19 heavy (non-hydrogen) atoms. The smallest absolute Gasteiger partial charge is 0.251 e. The quantitative estimate of drug-likeness (QED) is 0.780. The van der Waals surface area contributed by atoms with E-state index in [1.807, 2.05) is 0 Å². The Kier molecular flexibility index (Phi) is 5.78. The van der Waals surface area contributed by atoms with Crippen LogP contribution in [0, 0.1) is 5.82 Å². The molecule has 3 N–H and O–H groups in total. The van der Waals surface area contributed by atoms with Crippen LogP contribution in [0.25, 0.3) is 0 Å². The monoisotopic (exact) mass is 276 g/mol. The first-order valence-corrected chi connectivity index (χ1v) is 5.63. The minimum Gasteiger partial charge on any atom is -0.395 e. The van der Waals surface area contributed by atoms with Gasteiger partial charge < -0.3 is 10.8 Å². The van der Waals surface area contributed by atoms with Gasteiger partial charge in [-0.1, -0.05) is 6.07 Å². The van der Waals surface area contributed by atoms with E-state index in [1.54, 1.807) is 0 Å². The lowest BCUT2D eigenvalue weighted by atomic mass is 10.1. The van der Waals surface area contributed by atoms with Crippen molar-refractivity contribution in [3.63, 3.8) is 0 Å². The van der Waals surface area contributed by atoms with Crippen molar-refractivity contribution < 1.29 is 23.1 Å². The third-order valence-corrected chi connectivity index (χ3v) is 2.54. The number of primary amides is 1. The Morgan fingerprint density at radius 2 is 2.11 bits per heavy atom. The van der Waals surface area contributed by atoms with Gasteiger partial charge in [0.15, 0.2) is 0 Å². The number of nitrogens with zero attached hydrogens (tertiary/aromatic N) is 1. The number of alkyl halides is 2. The number of benzene rings is 1. The van der Waals surface area contributed by atoms with Gasteiger partial charge in [0, 0.05) is 24.2 Å². The molecule has 0 spiro atoms. The molecule has 0 aliphatic rings. The molecule has 0 saturated carbocycles. The largest absolute Gasteiger partial charge is 0.395 e. The topological polar surface area (TPSA) is 66.6 Å². The fraction of sp³-hybridized carbons (Fsp3) is 0.417. The van der Waals surface area contributed by atoms with Gasteiger partial charge in [-0.3, -0.25) is 9.69 Å². The average Bonchev–Trinajstić information content (AvgIpc) is 2.31. The molecule has 0 atom stereocenters. The number of nitrogens with two attached hydrogens (primary N) is 1. The molecule has 0 fully saturated rings.